The Hall–Kier alpha value is -4.47. The minimum Gasteiger partial charge on any atom is -0.436 e. The number of imidazole rings is 1. The van der Waals surface area contributed by atoms with Crippen LogP contribution in [0.4, 0.5) is 5.69 Å². The number of rotatable bonds is 12. The largest absolute Gasteiger partial charge is 0.436 e. The Morgan fingerprint density at radius 1 is 1.00 bits per heavy atom. The molecule has 240 valence electrons. The molecule has 1 aliphatic heterocycles. The average molecular weight is 623 g/mol. The van der Waals surface area contributed by atoms with Crippen LogP contribution in [0.5, 0.6) is 0 Å². The second-order valence-electron chi connectivity index (χ2n) is 13.2. The Labute approximate surface area is 269 Å². The van der Waals surface area contributed by atoms with Gasteiger partial charge < -0.3 is 24.5 Å². The molecule has 10 heteroatoms. The van der Waals surface area contributed by atoms with E-state index in [1.807, 2.05) is 47.4 Å². The van der Waals surface area contributed by atoms with E-state index in [0.29, 0.717) is 61.5 Å². The van der Waals surface area contributed by atoms with Crippen LogP contribution in [0, 0.1) is 11.8 Å². The van der Waals surface area contributed by atoms with Crippen LogP contribution in [-0.2, 0) is 20.9 Å². The van der Waals surface area contributed by atoms with Gasteiger partial charge in [-0.1, -0.05) is 13.0 Å². The van der Waals surface area contributed by atoms with Crippen molar-refractivity contribution in [3.05, 3.63) is 54.5 Å². The molecule has 2 saturated carbocycles. The Morgan fingerprint density at radius 2 is 1.83 bits per heavy atom. The van der Waals surface area contributed by atoms with Crippen molar-refractivity contribution in [1.82, 2.24) is 24.8 Å². The third-order valence-corrected chi connectivity index (χ3v) is 9.33. The van der Waals surface area contributed by atoms with E-state index in [4.69, 9.17) is 9.40 Å². The summed E-state index contributed by atoms with van der Waals surface area (Å²) in [6.07, 6.45) is 10.9. The molecule has 2 aromatic heterocycles. The summed E-state index contributed by atoms with van der Waals surface area (Å²) >= 11 is 0. The molecule has 0 unspecified atom stereocenters. The molecule has 1 saturated heterocycles. The maximum absolute atomic E-state index is 13.3. The van der Waals surface area contributed by atoms with E-state index in [9.17, 15) is 14.4 Å². The molecular weight excluding hydrogens is 580 g/mol. The highest BCUT2D eigenvalue weighted by molar-refractivity contribution is 5.97. The lowest BCUT2D eigenvalue weighted by atomic mass is 10.00. The number of aromatic amines is 1. The first-order chi connectivity index (χ1) is 22.4. The summed E-state index contributed by atoms with van der Waals surface area (Å²) in [6, 6.07) is 12.9. The maximum atomic E-state index is 13.3. The summed E-state index contributed by atoms with van der Waals surface area (Å²) in [6.45, 7) is 3.92. The summed E-state index contributed by atoms with van der Waals surface area (Å²) < 4.78 is 6.19. The number of piperidine rings is 1. The molecular formula is C36H42N6O4. The summed E-state index contributed by atoms with van der Waals surface area (Å²) in [5.41, 5.74) is 3.94. The van der Waals surface area contributed by atoms with Gasteiger partial charge in [0.25, 0.3) is 0 Å². The number of benzene rings is 2. The molecule has 2 aromatic carbocycles. The van der Waals surface area contributed by atoms with E-state index >= 15 is 0 Å². The molecule has 3 heterocycles. The zero-order valence-corrected chi connectivity index (χ0v) is 26.5. The number of nitrogens with zero attached hydrogens (tertiary/aromatic N) is 4. The molecule has 10 nitrogen and oxygen atoms in total. The second-order valence-corrected chi connectivity index (χ2v) is 13.2. The first-order valence-corrected chi connectivity index (χ1v) is 16.9. The van der Waals surface area contributed by atoms with E-state index in [0.717, 1.165) is 79.5 Å². The number of hydrogen-bond donors (Lipinski definition) is 2. The average Bonchev–Trinajstić information content (AvgIpc) is 3.97. The third-order valence-electron chi connectivity index (χ3n) is 9.33. The van der Waals surface area contributed by atoms with Crippen LogP contribution >= 0.6 is 0 Å². The lowest BCUT2D eigenvalue weighted by molar-refractivity contribution is -0.140. The van der Waals surface area contributed by atoms with Gasteiger partial charge in [0.2, 0.25) is 23.6 Å². The Bertz CT molecular complexity index is 1730. The van der Waals surface area contributed by atoms with Crippen LogP contribution in [0.3, 0.4) is 0 Å². The number of fused-ring (bicyclic) bond motifs is 1. The third kappa shape index (κ3) is 7.00. The van der Waals surface area contributed by atoms with Gasteiger partial charge in [-0.15, -0.1) is 0 Å². The first kappa shape index (κ1) is 30.2. The monoisotopic (exact) mass is 622 g/mol. The van der Waals surface area contributed by atoms with E-state index in [1.165, 1.54) is 0 Å². The fraction of sp³-hybridized carbons (Fsp3) is 0.472. The highest BCUT2D eigenvalue weighted by Crippen LogP contribution is 2.35. The van der Waals surface area contributed by atoms with Crippen molar-refractivity contribution in [2.24, 2.45) is 11.8 Å². The molecule has 1 atom stereocenters. The number of nitrogens with one attached hydrogen (secondary N) is 2. The van der Waals surface area contributed by atoms with Crippen LogP contribution in [-0.4, -0.2) is 61.6 Å². The lowest BCUT2D eigenvalue weighted by Crippen LogP contribution is -2.50. The number of carbonyl (C=O) groups is 3. The molecule has 3 amide bonds. The number of likely N-dealkylation sites (tertiary alicyclic amines) is 1. The van der Waals surface area contributed by atoms with Crippen molar-refractivity contribution < 1.29 is 18.8 Å². The zero-order chi connectivity index (χ0) is 31.6. The van der Waals surface area contributed by atoms with Crippen LogP contribution in [0.2, 0.25) is 0 Å². The van der Waals surface area contributed by atoms with Gasteiger partial charge in [-0.3, -0.25) is 14.4 Å². The highest BCUT2D eigenvalue weighted by Gasteiger charge is 2.35. The molecule has 0 spiro atoms. The smallest absolute Gasteiger partial charge is 0.247 e. The number of amides is 3. The van der Waals surface area contributed by atoms with Gasteiger partial charge in [-0.05, 0) is 99.6 Å². The van der Waals surface area contributed by atoms with Crippen molar-refractivity contribution in [1.29, 1.82) is 0 Å². The predicted molar refractivity (Wildman–Crippen MR) is 175 cm³/mol. The van der Waals surface area contributed by atoms with Crippen LogP contribution in [0.15, 0.2) is 53.1 Å². The molecule has 0 bridgehead atoms. The topological polar surface area (TPSA) is 124 Å². The van der Waals surface area contributed by atoms with Crippen molar-refractivity contribution >= 4 is 34.4 Å². The van der Waals surface area contributed by atoms with Crippen LogP contribution < -0.4 is 5.32 Å². The quantitative estimate of drug-likeness (QED) is 0.185. The predicted octanol–water partition coefficient (Wildman–Crippen LogP) is 6.54. The number of hydrogen-bond acceptors (Lipinski definition) is 6. The Morgan fingerprint density at radius 3 is 2.63 bits per heavy atom. The van der Waals surface area contributed by atoms with Crippen molar-refractivity contribution in [3.63, 3.8) is 0 Å². The maximum Gasteiger partial charge on any atom is 0.247 e. The fourth-order valence-electron chi connectivity index (χ4n) is 6.42. The lowest BCUT2D eigenvalue weighted by Gasteiger charge is -2.35. The SMILES string of the molecule is CCCN(Cc1nc2ccc(-c3cnc(-c4cccc(NC(=O)[C@@H]5CCCCN5C(=O)CC5CC5)c4)o3)cc2[nH]1)C(=O)CC1CC1. The van der Waals surface area contributed by atoms with Gasteiger partial charge >= 0.3 is 0 Å². The van der Waals surface area contributed by atoms with Gasteiger partial charge in [0, 0.05) is 42.7 Å². The molecule has 2 N–H and O–H groups in total. The van der Waals surface area contributed by atoms with E-state index in [-0.39, 0.29) is 17.7 Å². The molecule has 7 rings (SSSR count). The number of aromatic nitrogens is 3. The highest BCUT2D eigenvalue weighted by atomic mass is 16.4. The molecule has 4 aromatic rings. The van der Waals surface area contributed by atoms with Gasteiger partial charge in [0.05, 0.1) is 23.8 Å². The number of H-pyrrole nitrogens is 1. The molecule has 3 aliphatic rings. The van der Waals surface area contributed by atoms with Gasteiger partial charge in [-0.25, -0.2) is 9.97 Å². The standard InChI is InChI=1S/C36H42N6O4/c1-2-15-41(33(43)17-23-9-10-23)22-32-39-28-14-13-25(20-29(28)40-32)31-21-37-36(46-31)26-6-5-7-27(19-26)38-35(45)30-8-3-4-16-42(30)34(44)18-24-11-12-24/h5-7,13-14,19-21,23-24,30H,2-4,8-12,15-18,22H2,1H3,(H,38,45)(H,39,40)/t30-/m0/s1. The number of anilines is 1. The Balaban J connectivity index is 1.03. The molecule has 3 fully saturated rings. The molecule has 0 radical (unpaired) electrons. The normalized spacial score (nSPS) is 18.1. The summed E-state index contributed by atoms with van der Waals surface area (Å²) in [7, 11) is 0. The molecule has 46 heavy (non-hydrogen) atoms. The fourth-order valence-corrected chi connectivity index (χ4v) is 6.42. The minimum absolute atomic E-state index is 0.102. The minimum atomic E-state index is -0.437. The zero-order valence-electron chi connectivity index (χ0n) is 26.5. The summed E-state index contributed by atoms with van der Waals surface area (Å²) in [4.78, 5) is 55.4. The van der Waals surface area contributed by atoms with E-state index < -0.39 is 6.04 Å². The summed E-state index contributed by atoms with van der Waals surface area (Å²) in [5.74, 6) is 3.04. The van der Waals surface area contributed by atoms with E-state index in [2.05, 4.69) is 22.2 Å². The van der Waals surface area contributed by atoms with E-state index in [1.54, 1.807) is 11.1 Å². The number of carbonyl (C=O) groups excluding carboxylic acids is 3. The molecule has 2 aliphatic carbocycles. The van der Waals surface area contributed by atoms with Gasteiger partial charge in [0.15, 0.2) is 5.76 Å². The van der Waals surface area contributed by atoms with Crippen molar-refractivity contribution in [3.8, 4) is 22.8 Å². The Kier molecular flexibility index (Phi) is 8.60. The first-order valence-electron chi connectivity index (χ1n) is 16.9. The van der Waals surface area contributed by atoms with Crippen LogP contribution in [0.1, 0.15) is 77.0 Å². The summed E-state index contributed by atoms with van der Waals surface area (Å²) in [5, 5.41) is 3.04. The van der Waals surface area contributed by atoms with Crippen molar-refractivity contribution in [2.45, 2.75) is 83.7 Å². The van der Waals surface area contributed by atoms with Gasteiger partial charge in [-0.2, -0.15) is 0 Å². The number of oxazole rings is 1. The van der Waals surface area contributed by atoms with Crippen molar-refractivity contribution in [2.75, 3.05) is 18.4 Å². The second kappa shape index (κ2) is 13.1. The van der Waals surface area contributed by atoms with Crippen LogP contribution in [0.25, 0.3) is 33.8 Å². The van der Waals surface area contributed by atoms with Gasteiger partial charge in [0.1, 0.15) is 11.9 Å².